The van der Waals surface area contributed by atoms with Crippen molar-refractivity contribution in [2.24, 2.45) is 5.92 Å². The molecule has 130 valence electrons. The van der Waals surface area contributed by atoms with E-state index >= 15 is 0 Å². The van der Waals surface area contributed by atoms with Gasteiger partial charge in [-0.2, -0.15) is 0 Å². The number of nitrogens with zero attached hydrogens (tertiary/aromatic N) is 3. The maximum Gasteiger partial charge on any atom is 0.265 e. The van der Waals surface area contributed by atoms with Gasteiger partial charge >= 0.3 is 0 Å². The second kappa shape index (κ2) is 6.68. The monoisotopic (exact) mass is 360 g/mol. The van der Waals surface area contributed by atoms with Crippen molar-refractivity contribution in [1.29, 1.82) is 0 Å². The number of rotatable bonds is 4. The molecule has 0 fully saturated rings. The van der Waals surface area contributed by atoms with Crippen molar-refractivity contribution < 1.29 is 9.21 Å². The van der Waals surface area contributed by atoms with E-state index in [1.165, 1.54) is 17.1 Å². The van der Waals surface area contributed by atoms with Crippen LogP contribution in [0.5, 0.6) is 0 Å². The summed E-state index contributed by atoms with van der Waals surface area (Å²) >= 11 is 5.79. The molecule has 0 spiro atoms. The number of aryl methyl sites for hydroxylation is 1. The molecule has 0 aromatic carbocycles. The highest BCUT2D eigenvalue weighted by Crippen LogP contribution is 2.22. The minimum atomic E-state index is -0.479. The lowest BCUT2D eigenvalue weighted by atomic mass is 10.1. The fraction of sp³-hybridized carbons (Fsp3) is 0.294. The third kappa shape index (κ3) is 3.41. The standard InChI is InChI=1S/C17H17ClN4O3/c1-9(2)7-22-8-20-16-14(17(22)24)13(10(3)25-16)15(23)21-12-5-4-11(18)6-19-12/h4-6,8-9H,7H2,1-3H3,(H,19,21,23). The van der Waals surface area contributed by atoms with Crippen LogP contribution in [-0.2, 0) is 6.54 Å². The molecule has 3 aromatic heterocycles. The molecule has 1 amide bonds. The van der Waals surface area contributed by atoms with Crippen LogP contribution in [0.2, 0.25) is 5.02 Å². The van der Waals surface area contributed by atoms with Crippen molar-refractivity contribution in [3.8, 4) is 0 Å². The van der Waals surface area contributed by atoms with Gasteiger partial charge in [-0.25, -0.2) is 9.97 Å². The summed E-state index contributed by atoms with van der Waals surface area (Å²) in [4.78, 5) is 33.6. The van der Waals surface area contributed by atoms with Gasteiger partial charge in [0.15, 0.2) is 0 Å². The second-order valence-electron chi connectivity index (χ2n) is 6.13. The molecule has 0 radical (unpaired) electrons. The van der Waals surface area contributed by atoms with Crippen molar-refractivity contribution in [3.05, 3.63) is 51.4 Å². The van der Waals surface area contributed by atoms with Gasteiger partial charge in [0.1, 0.15) is 23.3 Å². The lowest BCUT2D eigenvalue weighted by molar-refractivity contribution is 0.102. The Hall–Kier alpha value is -2.67. The maximum absolute atomic E-state index is 12.7. The fourth-order valence-corrected chi connectivity index (χ4v) is 2.67. The van der Waals surface area contributed by atoms with E-state index in [-0.39, 0.29) is 28.1 Å². The molecule has 8 heteroatoms. The molecule has 0 aliphatic heterocycles. The molecule has 0 bridgehead atoms. The molecular weight excluding hydrogens is 344 g/mol. The number of hydrogen-bond acceptors (Lipinski definition) is 5. The number of carbonyl (C=O) groups excluding carboxylic acids is 1. The summed E-state index contributed by atoms with van der Waals surface area (Å²) in [6.07, 6.45) is 2.87. The van der Waals surface area contributed by atoms with Crippen LogP contribution in [0.15, 0.2) is 33.9 Å². The summed E-state index contributed by atoms with van der Waals surface area (Å²) in [6, 6.07) is 3.19. The third-order valence-corrected chi connectivity index (χ3v) is 3.84. The van der Waals surface area contributed by atoms with Crippen LogP contribution in [0.3, 0.4) is 0 Å². The van der Waals surface area contributed by atoms with E-state index in [1.54, 1.807) is 19.1 Å². The topological polar surface area (TPSA) is 90.0 Å². The van der Waals surface area contributed by atoms with Crippen LogP contribution in [0.4, 0.5) is 5.82 Å². The number of carbonyl (C=O) groups is 1. The number of pyridine rings is 1. The van der Waals surface area contributed by atoms with E-state index in [0.717, 1.165) is 0 Å². The minimum absolute atomic E-state index is 0.150. The van der Waals surface area contributed by atoms with Crippen LogP contribution in [0.25, 0.3) is 11.1 Å². The Bertz CT molecular complexity index is 990. The molecule has 0 aliphatic carbocycles. The van der Waals surface area contributed by atoms with Gasteiger partial charge in [0, 0.05) is 12.7 Å². The number of amides is 1. The lowest BCUT2D eigenvalue weighted by Crippen LogP contribution is -2.24. The first kappa shape index (κ1) is 17.2. The Morgan fingerprint density at radius 3 is 2.76 bits per heavy atom. The number of nitrogens with one attached hydrogen (secondary N) is 1. The van der Waals surface area contributed by atoms with Gasteiger partial charge in [-0.05, 0) is 25.0 Å². The summed E-state index contributed by atoms with van der Waals surface area (Å²) in [5, 5.41) is 3.28. The summed E-state index contributed by atoms with van der Waals surface area (Å²) in [5.41, 5.74) is 0.0174. The summed E-state index contributed by atoms with van der Waals surface area (Å²) in [6.45, 7) is 6.12. The van der Waals surface area contributed by atoms with E-state index in [2.05, 4.69) is 15.3 Å². The highest BCUT2D eigenvalue weighted by Gasteiger charge is 2.23. The average molecular weight is 361 g/mol. The van der Waals surface area contributed by atoms with E-state index in [1.807, 2.05) is 13.8 Å². The quantitative estimate of drug-likeness (QED) is 0.771. The van der Waals surface area contributed by atoms with Gasteiger partial charge in [0.2, 0.25) is 5.71 Å². The first-order valence-electron chi connectivity index (χ1n) is 7.78. The molecular formula is C17H17ClN4O3. The van der Waals surface area contributed by atoms with Gasteiger partial charge in [-0.1, -0.05) is 25.4 Å². The van der Waals surface area contributed by atoms with Crippen molar-refractivity contribution in [2.45, 2.75) is 27.3 Å². The predicted molar refractivity (Wildman–Crippen MR) is 95.0 cm³/mol. The Labute approximate surface area is 148 Å². The van der Waals surface area contributed by atoms with Gasteiger partial charge < -0.3 is 9.73 Å². The smallest absolute Gasteiger partial charge is 0.265 e. The number of fused-ring (bicyclic) bond motifs is 1. The Morgan fingerprint density at radius 1 is 1.36 bits per heavy atom. The molecule has 0 atom stereocenters. The van der Waals surface area contributed by atoms with Crippen molar-refractivity contribution in [2.75, 3.05) is 5.32 Å². The van der Waals surface area contributed by atoms with Crippen molar-refractivity contribution >= 4 is 34.4 Å². The van der Waals surface area contributed by atoms with Crippen LogP contribution in [0, 0.1) is 12.8 Å². The zero-order valence-corrected chi connectivity index (χ0v) is 14.8. The third-order valence-electron chi connectivity index (χ3n) is 3.61. The molecule has 25 heavy (non-hydrogen) atoms. The van der Waals surface area contributed by atoms with Crippen molar-refractivity contribution in [1.82, 2.24) is 14.5 Å². The minimum Gasteiger partial charge on any atom is -0.442 e. The molecule has 0 unspecified atom stereocenters. The molecule has 0 aliphatic rings. The Kier molecular flexibility index (Phi) is 4.59. The number of hydrogen-bond donors (Lipinski definition) is 1. The Morgan fingerprint density at radius 2 is 2.12 bits per heavy atom. The van der Waals surface area contributed by atoms with Gasteiger partial charge in [-0.15, -0.1) is 0 Å². The molecule has 3 rings (SSSR count). The zero-order chi connectivity index (χ0) is 18.1. The van der Waals surface area contributed by atoms with E-state index < -0.39 is 5.91 Å². The summed E-state index contributed by atoms with van der Waals surface area (Å²) in [7, 11) is 0. The average Bonchev–Trinajstić information content (AvgIpc) is 2.89. The van der Waals surface area contributed by atoms with E-state index in [4.69, 9.17) is 16.0 Å². The molecule has 0 saturated heterocycles. The first-order valence-corrected chi connectivity index (χ1v) is 8.16. The second-order valence-corrected chi connectivity index (χ2v) is 6.56. The number of furan rings is 1. The van der Waals surface area contributed by atoms with Gasteiger partial charge in [-0.3, -0.25) is 14.2 Å². The number of anilines is 1. The van der Waals surface area contributed by atoms with Crippen molar-refractivity contribution in [3.63, 3.8) is 0 Å². The number of halogens is 1. The van der Waals surface area contributed by atoms with Crippen LogP contribution in [-0.4, -0.2) is 20.4 Å². The summed E-state index contributed by atoms with van der Waals surface area (Å²) in [5.74, 6) is 0.440. The lowest BCUT2D eigenvalue weighted by Gasteiger charge is -2.08. The number of aromatic nitrogens is 3. The largest absolute Gasteiger partial charge is 0.442 e. The van der Waals surface area contributed by atoms with Gasteiger partial charge in [0.25, 0.3) is 11.5 Å². The molecule has 1 N–H and O–H groups in total. The highest BCUT2D eigenvalue weighted by molar-refractivity contribution is 6.30. The van der Waals surface area contributed by atoms with Crippen LogP contribution in [0.1, 0.15) is 30.0 Å². The summed E-state index contributed by atoms with van der Waals surface area (Å²) < 4.78 is 6.98. The molecule has 3 aromatic rings. The fourth-order valence-electron chi connectivity index (χ4n) is 2.56. The van der Waals surface area contributed by atoms with E-state index in [9.17, 15) is 9.59 Å². The van der Waals surface area contributed by atoms with Crippen LogP contribution >= 0.6 is 11.6 Å². The Balaban J connectivity index is 2.05. The molecule has 0 saturated carbocycles. The van der Waals surface area contributed by atoms with Crippen LogP contribution < -0.4 is 10.9 Å². The zero-order valence-electron chi connectivity index (χ0n) is 14.0. The van der Waals surface area contributed by atoms with E-state index in [0.29, 0.717) is 23.1 Å². The molecule has 7 nitrogen and oxygen atoms in total. The SMILES string of the molecule is Cc1oc2ncn(CC(C)C)c(=O)c2c1C(=O)Nc1ccc(Cl)cn1. The molecule has 3 heterocycles. The first-order chi connectivity index (χ1) is 11.9. The maximum atomic E-state index is 12.7. The predicted octanol–water partition coefficient (Wildman–Crippen LogP) is 3.25. The van der Waals surface area contributed by atoms with Gasteiger partial charge in [0.05, 0.1) is 10.6 Å². The highest BCUT2D eigenvalue weighted by atomic mass is 35.5. The normalized spacial score (nSPS) is 11.2.